The Bertz CT molecular complexity index is 632. The molecule has 0 fully saturated rings. The zero-order valence-corrected chi connectivity index (χ0v) is 15.0. The van der Waals surface area contributed by atoms with Gasteiger partial charge in [-0.1, -0.05) is 24.9 Å². The van der Waals surface area contributed by atoms with E-state index in [4.69, 9.17) is 11.6 Å². The molecular formula is C15H23ClN2O3S. The van der Waals surface area contributed by atoms with E-state index in [-0.39, 0.29) is 12.5 Å². The average molecular weight is 347 g/mol. The first-order valence-corrected chi connectivity index (χ1v) is 9.37. The van der Waals surface area contributed by atoms with Crippen LogP contribution in [-0.2, 0) is 14.8 Å². The molecule has 0 aromatic heterocycles. The molecule has 0 spiro atoms. The number of likely N-dealkylation sites (N-methyl/N-ethyl adjacent to an activating group) is 1. The van der Waals surface area contributed by atoms with Gasteiger partial charge in [0.15, 0.2) is 0 Å². The second-order valence-corrected chi connectivity index (χ2v) is 7.71. The Morgan fingerprint density at radius 1 is 1.32 bits per heavy atom. The Morgan fingerprint density at radius 3 is 2.45 bits per heavy atom. The van der Waals surface area contributed by atoms with Crippen molar-refractivity contribution >= 4 is 33.2 Å². The van der Waals surface area contributed by atoms with E-state index in [1.54, 1.807) is 37.1 Å². The van der Waals surface area contributed by atoms with E-state index in [0.29, 0.717) is 22.8 Å². The van der Waals surface area contributed by atoms with Crippen LogP contribution in [0.4, 0.5) is 5.69 Å². The minimum absolute atomic E-state index is 0.207. The molecule has 0 N–H and O–H groups in total. The van der Waals surface area contributed by atoms with Gasteiger partial charge >= 0.3 is 0 Å². The maximum Gasteiger partial charge on any atom is 0.243 e. The van der Waals surface area contributed by atoms with Gasteiger partial charge in [0.1, 0.15) is 6.54 Å². The van der Waals surface area contributed by atoms with Crippen LogP contribution in [0.5, 0.6) is 0 Å². The average Bonchev–Trinajstić information content (AvgIpc) is 2.41. The molecule has 1 aromatic carbocycles. The minimum atomic E-state index is -3.56. The molecule has 0 saturated heterocycles. The van der Waals surface area contributed by atoms with Crippen LogP contribution >= 0.6 is 11.6 Å². The van der Waals surface area contributed by atoms with E-state index < -0.39 is 10.0 Å². The predicted molar refractivity (Wildman–Crippen MR) is 90.9 cm³/mol. The van der Waals surface area contributed by atoms with Crippen molar-refractivity contribution in [1.82, 2.24) is 4.90 Å². The standard InChI is InChI=1S/C15H23ClN2O3S/c1-5-6-9-17(3)15(19)11-18(22(4,20)21)14-8-7-13(16)10-12(14)2/h7-8,10H,5-6,9,11H2,1-4H3. The van der Waals surface area contributed by atoms with Gasteiger partial charge in [-0.15, -0.1) is 0 Å². The molecule has 1 rings (SSSR count). The number of carbonyl (C=O) groups excluding carboxylic acids is 1. The Balaban J connectivity index is 3.03. The molecule has 124 valence electrons. The highest BCUT2D eigenvalue weighted by molar-refractivity contribution is 7.92. The van der Waals surface area contributed by atoms with E-state index in [1.165, 1.54) is 0 Å². The summed E-state index contributed by atoms with van der Waals surface area (Å²) < 4.78 is 25.3. The Labute approximate surface area is 137 Å². The van der Waals surface area contributed by atoms with Crippen LogP contribution in [0.1, 0.15) is 25.3 Å². The molecule has 0 aliphatic rings. The molecule has 0 saturated carbocycles. The van der Waals surface area contributed by atoms with Crippen molar-refractivity contribution in [3.8, 4) is 0 Å². The van der Waals surface area contributed by atoms with Gasteiger partial charge in [0.05, 0.1) is 11.9 Å². The van der Waals surface area contributed by atoms with Gasteiger partial charge in [-0.25, -0.2) is 8.42 Å². The van der Waals surface area contributed by atoms with Crippen LogP contribution in [-0.4, -0.2) is 45.6 Å². The number of hydrogen-bond donors (Lipinski definition) is 0. The van der Waals surface area contributed by atoms with Gasteiger partial charge in [-0.2, -0.15) is 0 Å². The summed E-state index contributed by atoms with van der Waals surface area (Å²) in [5.74, 6) is -0.228. The normalized spacial score (nSPS) is 11.3. The SMILES string of the molecule is CCCCN(C)C(=O)CN(c1ccc(Cl)cc1C)S(C)(=O)=O. The number of sulfonamides is 1. The maximum atomic E-state index is 12.3. The highest BCUT2D eigenvalue weighted by Gasteiger charge is 2.23. The summed E-state index contributed by atoms with van der Waals surface area (Å²) in [6, 6.07) is 4.92. The number of rotatable bonds is 7. The zero-order chi connectivity index (χ0) is 16.9. The molecule has 0 aliphatic heterocycles. The number of anilines is 1. The van der Waals surface area contributed by atoms with Crippen LogP contribution in [0.2, 0.25) is 5.02 Å². The fourth-order valence-corrected chi connectivity index (χ4v) is 3.18. The van der Waals surface area contributed by atoms with Crippen molar-refractivity contribution < 1.29 is 13.2 Å². The zero-order valence-electron chi connectivity index (χ0n) is 13.5. The van der Waals surface area contributed by atoms with Gasteiger partial charge in [-0.3, -0.25) is 9.10 Å². The third-order valence-corrected chi connectivity index (χ3v) is 4.74. The van der Waals surface area contributed by atoms with E-state index in [1.807, 2.05) is 6.92 Å². The number of benzene rings is 1. The summed E-state index contributed by atoms with van der Waals surface area (Å²) in [7, 11) is -1.87. The molecule has 1 amide bonds. The first-order chi connectivity index (χ1) is 10.2. The molecule has 22 heavy (non-hydrogen) atoms. The number of nitrogens with zero attached hydrogens (tertiary/aromatic N) is 2. The smallest absolute Gasteiger partial charge is 0.243 e. The minimum Gasteiger partial charge on any atom is -0.344 e. The van der Waals surface area contributed by atoms with Crippen molar-refractivity contribution in [2.45, 2.75) is 26.7 Å². The molecule has 1 aromatic rings. The molecule has 5 nitrogen and oxygen atoms in total. The number of carbonyl (C=O) groups is 1. The fourth-order valence-electron chi connectivity index (χ4n) is 2.04. The first kappa shape index (κ1) is 18.8. The van der Waals surface area contributed by atoms with Gasteiger partial charge in [0.2, 0.25) is 15.9 Å². The van der Waals surface area contributed by atoms with Crippen LogP contribution in [0.25, 0.3) is 0 Å². The van der Waals surface area contributed by atoms with Crippen molar-refractivity contribution in [2.75, 3.05) is 30.7 Å². The number of halogens is 1. The number of amides is 1. The van der Waals surface area contributed by atoms with E-state index >= 15 is 0 Å². The monoisotopic (exact) mass is 346 g/mol. The molecule has 0 atom stereocenters. The van der Waals surface area contributed by atoms with Crippen molar-refractivity contribution in [3.05, 3.63) is 28.8 Å². The highest BCUT2D eigenvalue weighted by Crippen LogP contribution is 2.25. The second-order valence-electron chi connectivity index (χ2n) is 5.37. The predicted octanol–water partition coefficient (Wildman–Crippen LogP) is 2.67. The van der Waals surface area contributed by atoms with Crippen molar-refractivity contribution in [1.29, 1.82) is 0 Å². The number of unbranched alkanes of at least 4 members (excludes halogenated alkanes) is 1. The second kappa shape index (κ2) is 7.83. The summed E-state index contributed by atoms with van der Waals surface area (Å²) in [4.78, 5) is 13.8. The third-order valence-electron chi connectivity index (χ3n) is 3.38. The van der Waals surface area contributed by atoms with E-state index in [2.05, 4.69) is 0 Å². The maximum absolute atomic E-state index is 12.3. The first-order valence-electron chi connectivity index (χ1n) is 7.14. The summed E-state index contributed by atoms with van der Waals surface area (Å²) in [5.41, 5.74) is 1.19. The molecule has 0 unspecified atom stereocenters. The van der Waals surface area contributed by atoms with E-state index in [9.17, 15) is 13.2 Å². The highest BCUT2D eigenvalue weighted by atomic mass is 35.5. The summed E-state index contributed by atoms with van der Waals surface area (Å²) >= 11 is 5.91. The largest absolute Gasteiger partial charge is 0.344 e. The number of aryl methyl sites for hydroxylation is 1. The van der Waals surface area contributed by atoms with E-state index in [0.717, 1.165) is 23.4 Å². The lowest BCUT2D eigenvalue weighted by molar-refractivity contribution is -0.128. The van der Waals surface area contributed by atoms with Crippen molar-refractivity contribution in [2.24, 2.45) is 0 Å². The molecule has 0 radical (unpaired) electrons. The van der Waals surface area contributed by atoms with Gasteiger partial charge in [0, 0.05) is 18.6 Å². The Morgan fingerprint density at radius 2 is 1.95 bits per heavy atom. The molecule has 0 bridgehead atoms. The van der Waals surface area contributed by atoms with Gasteiger partial charge < -0.3 is 4.90 Å². The Hall–Kier alpha value is -1.27. The summed E-state index contributed by atoms with van der Waals surface area (Å²) in [5, 5.41) is 0.529. The Kier molecular flexibility index (Phi) is 6.68. The number of hydrogen-bond acceptors (Lipinski definition) is 3. The molecule has 0 aliphatic carbocycles. The fraction of sp³-hybridized carbons (Fsp3) is 0.533. The molecule has 0 heterocycles. The lowest BCUT2D eigenvalue weighted by Crippen LogP contribution is -2.41. The summed E-state index contributed by atoms with van der Waals surface area (Å²) in [6.45, 7) is 4.22. The summed E-state index contributed by atoms with van der Waals surface area (Å²) in [6.07, 6.45) is 2.96. The molecular weight excluding hydrogens is 324 g/mol. The molecule has 7 heteroatoms. The van der Waals surface area contributed by atoms with Crippen LogP contribution in [0.3, 0.4) is 0 Å². The lowest BCUT2D eigenvalue weighted by atomic mass is 10.2. The van der Waals surface area contributed by atoms with Crippen LogP contribution in [0, 0.1) is 6.92 Å². The van der Waals surface area contributed by atoms with Crippen LogP contribution in [0.15, 0.2) is 18.2 Å². The van der Waals surface area contributed by atoms with Gasteiger partial charge in [-0.05, 0) is 37.1 Å². The quantitative estimate of drug-likeness (QED) is 0.762. The lowest BCUT2D eigenvalue weighted by Gasteiger charge is -2.26. The van der Waals surface area contributed by atoms with Gasteiger partial charge in [0.25, 0.3) is 0 Å². The third kappa shape index (κ3) is 5.18. The topological polar surface area (TPSA) is 57.7 Å². The van der Waals surface area contributed by atoms with Crippen molar-refractivity contribution in [3.63, 3.8) is 0 Å². The van der Waals surface area contributed by atoms with Crippen LogP contribution < -0.4 is 4.31 Å².